The summed E-state index contributed by atoms with van der Waals surface area (Å²) in [6.45, 7) is 4.97. The Morgan fingerprint density at radius 3 is 2.45 bits per heavy atom. The molecular weight excluding hydrogens is 416 g/mol. The van der Waals surface area contributed by atoms with E-state index in [0.717, 1.165) is 22.7 Å². The standard InChI is InChI=1S/C23H30N2O5S/c1-17-7-10-20(11-8-17)31(27,28)25(16-23(26)24-13-5-6-18(2)15-24)21-12-9-19(29-3)14-22(21)30-4/h7-12,14,18H,5-6,13,15-16H2,1-4H3/t18-/m0/s1. The molecule has 3 rings (SSSR count). The topological polar surface area (TPSA) is 76.2 Å². The quantitative estimate of drug-likeness (QED) is 0.651. The van der Waals surface area contributed by atoms with Crippen molar-refractivity contribution in [3.8, 4) is 11.5 Å². The van der Waals surface area contributed by atoms with Crippen molar-refractivity contribution in [3.05, 3.63) is 48.0 Å². The molecule has 168 valence electrons. The van der Waals surface area contributed by atoms with E-state index in [0.29, 0.717) is 36.2 Å². The number of rotatable bonds is 7. The SMILES string of the molecule is COc1ccc(N(CC(=O)N2CCC[C@H](C)C2)S(=O)(=O)c2ccc(C)cc2)c(OC)c1. The first-order valence-corrected chi connectivity index (χ1v) is 11.8. The second-order valence-electron chi connectivity index (χ2n) is 7.95. The third kappa shape index (κ3) is 5.12. The summed E-state index contributed by atoms with van der Waals surface area (Å²) >= 11 is 0. The van der Waals surface area contributed by atoms with Crippen LogP contribution in [0.3, 0.4) is 0 Å². The van der Waals surface area contributed by atoms with Crippen molar-refractivity contribution in [3.63, 3.8) is 0 Å². The molecule has 1 fully saturated rings. The van der Waals surface area contributed by atoms with Crippen LogP contribution < -0.4 is 13.8 Å². The van der Waals surface area contributed by atoms with Crippen LogP contribution in [0.25, 0.3) is 0 Å². The number of likely N-dealkylation sites (tertiary alicyclic amines) is 1. The molecule has 1 amide bonds. The number of benzene rings is 2. The monoisotopic (exact) mass is 446 g/mol. The van der Waals surface area contributed by atoms with E-state index in [1.54, 1.807) is 47.4 Å². The highest BCUT2D eigenvalue weighted by Gasteiger charge is 2.32. The zero-order valence-corrected chi connectivity index (χ0v) is 19.3. The molecule has 0 N–H and O–H groups in total. The van der Waals surface area contributed by atoms with Crippen LogP contribution in [0.2, 0.25) is 0 Å². The maximum absolute atomic E-state index is 13.6. The van der Waals surface area contributed by atoms with Crippen molar-refractivity contribution in [1.29, 1.82) is 0 Å². The number of amides is 1. The number of aryl methyl sites for hydroxylation is 1. The highest BCUT2D eigenvalue weighted by Crippen LogP contribution is 2.35. The number of hydrogen-bond donors (Lipinski definition) is 0. The summed E-state index contributed by atoms with van der Waals surface area (Å²) < 4.78 is 39.1. The first-order valence-electron chi connectivity index (χ1n) is 10.4. The van der Waals surface area contributed by atoms with Crippen LogP contribution in [0.5, 0.6) is 11.5 Å². The molecule has 1 atom stereocenters. The lowest BCUT2D eigenvalue weighted by atomic mass is 10.0. The Bertz CT molecular complexity index is 1020. The lowest BCUT2D eigenvalue weighted by Crippen LogP contribution is -2.46. The first-order chi connectivity index (χ1) is 14.8. The summed E-state index contributed by atoms with van der Waals surface area (Å²) in [5.41, 5.74) is 1.24. The van der Waals surface area contributed by atoms with E-state index >= 15 is 0 Å². The summed E-state index contributed by atoms with van der Waals surface area (Å²) in [7, 11) is -1.02. The molecule has 0 saturated carbocycles. The molecule has 0 aromatic heterocycles. The summed E-state index contributed by atoms with van der Waals surface area (Å²) in [6.07, 6.45) is 1.99. The number of carbonyl (C=O) groups is 1. The van der Waals surface area contributed by atoms with Gasteiger partial charge in [0.25, 0.3) is 10.0 Å². The lowest BCUT2D eigenvalue weighted by Gasteiger charge is -2.33. The molecule has 7 nitrogen and oxygen atoms in total. The van der Waals surface area contributed by atoms with E-state index in [9.17, 15) is 13.2 Å². The lowest BCUT2D eigenvalue weighted by molar-refractivity contribution is -0.131. The Balaban J connectivity index is 2.03. The molecule has 8 heteroatoms. The second-order valence-corrected chi connectivity index (χ2v) is 9.81. The van der Waals surface area contributed by atoms with Gasteiger partial charge in [-0.2, -0.15) is 0 Å². The summed E-state index contributed by atoms with van der Waals surface area (Å²) in [5.74, 6) is 1.02. The Morgan fingerprint density at radius 2 is 1.84 bits per heavy atom. The third-order valence-corrected chi connectivity index (χ3v) is 7.33. The number of hydrogen-bond acceptors (Lipinski definition) is 5. The van der Waals surface area contributed by atoms with Crippen molar-refractivity contribution in [2.75, 3.05) is 38.2 Å². The number of carbonyl (C=O) groups excluding carboxylic acids is 1. The number of piperidine rings is 1. The van der Waals surface area contributed by atoms with E-state index in [-0.39, 0.29) is 17.3 Å². The van der Waals surface area contributed by atoms with E-state index in [4.69, 9.17) is 9.47 Å². The van der Waals surface area contributed by atoms with Crippen molar-refractivity contribution in [2.24, 2.45) is 5.92 Å². The van der Waals surface area contributed by atoms with Gasteiger partial charge in [-0.3, -0.25) is 9.10 Å². The molecule has 0 aliphatic carbocycles. The van der Waals surface area contributed by atoms with Crippen LogP contribution in [0.4, 0.5) is 5.69 Å². The minimum atomic E-state index is -4.01. The molecule has 1 aliphatic rings. The van der Waals surface area contributed by atoms with Crippen LogP contribution in [-0.2, 0) is 14.8 Å². The van der Waals surface area contributed by atoms with Gasteiger partial charge in [0.05, 0.1) is 24.8 Å². The highest BCUT2D eigenvalue weighted by molar-refractivity contribution is 7.92. The van der Waals surface area contributed by atoms with Gasteiger partial charge in [-0.1, -0.05) is 24.6 Å². The number of ether oxygens (including phenoxy) is 2. The summed E-state index contributed by atoms with van der Waals surface area (Å²) in [6, 6.07) is 11.5. The third-order valence-electron chi connectivity index (χ3n) is 5.55. The molecule has 1 heterocycles. The predicted molar refractivity (Wildman–Crippen MR) is 120 cm³/mol. The van der Waals surface area contributed by atoms with Crippen molar-refractivity contribution in [1.82, 2.24) is 4.90 Å². The minimum absolute atomic E-state index is 0.121. The number of anilines is 1. The molecule has 0 radical (unpaired) electrons. The van der Waals surface area contributed by atoms with Crippen LogP contribution >= 0.6 is 0 Å². The van der Waals surface area contributed by atoms with Crippen LogP contribution in [-0.4, -0.2) is 53.1 Å². The van der Waals surface area contributed by atoms with Gasteiger partial charge < -0.3 is 14.4 Å². The number of methoxy groups -OCH3 is 2. The molecule has 0 bridgehead atoms. The fraction of sp³-hybridized carbons (Fsp3) is 0.435. The average molecular weight is 447 g/mol. The molecule has 1 aliphatic heterocycles. The smallest absolute Gasteiger partial charge is 0.264 e. The zero-order chi connectivity index (χ0) is 22.6. The normalized spacial score (nSPS) is 16.6. The van der Waals surface area contributed by atoms with Crippen molar-refractivity contribution >= 4 is 21.6 Å². The molecule has 2 aromatic carbocycles. The fourth-order valence-electron chi connectivity index (χ4n) is 3.77. The predicted octanol–water partition coefficient (Wildman–Crippen LogP) is 3.47. The molecule has 1 saturated heterocycles. The van der Waals surface area contributed by atoms with E-state index in [1.807, 2.05) is 6.92 Å². The largest absolute Gasteiger partial charge is 0.497 e. The summed E-state index contributed by atoms with van der Waals surface area (Å²) in [5, 5.41) is 0. The van der Waals surface area contributed by atoms with Gasteiger partial charge in [-0.05, 0) is 49.9 Å². The molecule has 2 aromatic rings. The average Bonchev–Trinajstić information content (AvgIpc) is 2.77. The van der Waals surface area contributed by atoms with Gasteiger partial charge in [0.1, 0.15) is 18.0 Å². The Hall–Kier alpha value is -2.74. The van der Waals surface area contributed by atoms with Crippen molar-refractivity contribution in [2.45, 2.75) is 31.6 Å². The molecular formula is C23H30N2O5S. The highest BCUT2D eigenvalue weighted by atomic mass is 32.2. The van der Waals surface area contributed by atoms with Crippen LogP contribution in [0.1, 0.15) is 25.3 Å². The van der Waals surface area contributed by atoms with E-state index in [1.165, 1.54) is 14.2 Å². The van der Waals surface area contributed by atoms with Gasteiger partial charge >= 0.3 is 0 Å². The molecule has 31 heavy (non-hydrogen) atoms. The summed E-state index contributed by atoms with van der Waals surface area (Å²) in [4.78, 5) is 15.0. The van der Waals surface area contributed by atoms with Crippen LogP contribution in [0, 0.1) is 12.8 Å². The Morgan fingerprint density at radius 1 is 1.13 bits per heavy atom. The first kappa shape index (κ1) is 22.9. The van der Waals surface area contributed by atoms with Gasteiger partial charge in [0, 0.05) is 19.2 Å². The Kier molecular flexibility index (Phi) is 7.10. The fourth-order valence-corrected chi connectivity index (χ4v) is 5.19. The maximum atomic E-state index is 13.6. The molecule has 0 unspecified atom stereocenters. The van der Waals surface area contributed by atoms with Gasteiger partial charge in [-0.15, -0.1) is 0 Å². The van der Waals surface area contributed by atoms with Gasteiger partial charge in [-0.25, -0.2) is 8.42 Å². The molecule has 0 spiro atoms. The van der Waals surface area contributed by atoms with E-state index < -0.39 is 10.0 Å². The maximum Gasteiger partial charge on any atom is 0.264 e. The zero-order valence-electron chi connectivity index (χ0n) is 18.5. The van der Waals surface area contributed by atoms with Gasteiger partial charge in [0.2, 0.25) is 5.91 Å². The van der Waals surface area contributed by atoms with Crippen LogP contribution in [0.15, 0.2) is 47.4 Å². The van der Waals surface area contributed by atoms with E-state index in [2.05, 4.69) is 6.92 Å². The minimum Gasteiger partial charge on any atom is -0.497 e. The Labute approximate surface area is 184 Å². The van der Waals surface area contributed by atoms with Gasteiger partial charge in [0.15, 0.2) is 0 Å². The van der Waals surface area contributed by atoms with Crippen molar-refractivity contribution < 1.29 is 22.7 Å². The number of sulfonamides is 1. The second kappa shape index (κ2) is 9.60. The number of nitrogens with zero attached hydrogens (tertiary/aromatic N) is 2.